The van der Waals surface area contributed by atoms with Crippen molar-refractivity contribution in [3.8, 4) is 0 Å². The average Bonchev–Trinajstić information content (AvgIpc) is 2.74. The van der Waals surface area contributed by atoms with Crippen LogP contribution in [0.4, 0.5) is 0 Å². The van der Waals surface area contributed by atoms with E-state index in [4.69, 9.17) is 5.84 Å². The first-order chi connectivity index (χ1) is 7.81. The van der Waals surface area contributed by atoms with E-state index in [9.17, 15) is 0 Å². The van der Waals surface area contributed by atoms with Gasteiger partial charge in [-0.25, -0.2) is 5.84 Å². The lowest BCUT2D eigenvalue weighted by atomic mass is 9.96. The molecule has 0 bridgehead atoms. The molecule has 1 aromatic rings. The highest BCUT2D eigenvalue weighted by molar-refractivity contribution is 7.08. The van der Waals surface area contributed by atoms with Crippen LogP contribution in [0.1, 0.15) is 42.7 Å². The Morgan fingerprint density at radius 1 is 1.44 bits per heavy atom. The van der Waals surface area contributed by atoms with E-state index in [1.54, 1.807) is 0 Å². The van der Waals surface area contributed by atoms with Crippen molar-refractivity contribution in [2.75, 3.05) is 0 Å². The van der Waals surface area contributed by atoms with E-state index < -0.39 is 0 Å². The van der Waals surface area contributed by atoms with Crippen LogP contribution in [-0.4, -0.2) is 21.5 Å². The molecule has 0 amide bonds. The third kappa shape index (κ3) is 2.56. The molecule has 0 atom stereocenters. The van der Waals surface area contributed by atoms with Crippen LogP contribution in [0, 0.1) is 6.92 Å². The zero-order valence-electron chi connectivity index (χ0n) is 9.44. The highest BCUT2D eigenvalue weighted by atomic mass is 32.1. The van der Waals surface area contributed by atoms with Gasteiger partial charge in [-0.15, -0.1) is 5.10 Å². The number of aromatic nitrogens is 2. The van der Waals surface area contributed by atoms with Crippen molar-refractivity contribution in [1.29, 1.82) is 0 Å². The largest absolute Gasteiger partial charge is 0.307 e. The Morgan fingerprint density at radius 2 is 2.19 bits per heavy atom. The molecule has 16 heavy (non-hydrogen) atoms. The molecule has 1 aromatic heterocycles. The Kier molecular flexibility index (Phi) is 3.84. The smallest absolute Gasteiger partial charge is 0.156 e. The minimum atomic E-state index is 0.404. The number of amidine groups is 1. The summed E-state index contributed by atoms with van der Waals surface area (Å²) in [6, 6.07) is 0.404. The molecule has 1 heterocycles. The Morgan fingerprint density at radius 3 is 2.75 bits per heavy atom. The summed E-state index contributed by atoms with van der Waals surface area (Å²) in [5.74, 6) is 6.26. The monoisotopic (exact) mass is 239 g/mol. The van der Waals surface area contributed by atoms with Crippen molar-refractivity contribution in [1.82, 2.24) is 15.0 Å². The van der Waals surface area contributed by atoms with Gasteiger partial charge in [0.1, 0.15) is 4.88 Å². The van der Waals surface area contributed by atoms with Crippen LogP contribution in [0.25, 0.3) is 0 Å². The summed E-state index contributed by atoms with van der Waals surface area (Å²) in [7, 11) is 0. The number of aryl methyl sites for hydroxylation is 1. The normalized spacial score (nSPS) is 18.8. The summed E-state index contributed by atoms with van der Waals surface area (Å²) < 4.78 is 3.90. The minimum absolute atomic E-state index is 0.404. The molecule has 1 fully saturated rings. The van der Waals surface area contributed by atoms with Crippen LogP contribution < -0.4 is 11.3 Å². The summed E-state index contributed by atoms with van der Waals surface area (Å²) >= 11 is 1.34. The molecular formula is C10H17N5S. The van der Waals surface area contributed by atoms with Crippen LogP contribution in [0.2, 0.25) is 0 Å². The number of rotatable bonds is 2. The lowest BCUT2D eigenvalue weighted by Gasteiger charge is -2.18. The van der Waals surface area contributed by atoms with Gasteiger partial charge in [0.05, 0.1) is 11.7 Å². The standard InChI is InChI=1S/C10H17N5S/c1-7-9(16-15-14-7)10(13-11)12-8-5-3-2-4-6-8/h8H,2-6,11H2,1H3,(H,12,13). The third-order valence-corrected chi connectivity index (χ3v) is 3.72. The number of nitrogens with zero attached hydrogens (tertiary/aromatic N) is 3. The molecule has 3 N–H and O–H groups in total. The lowest BCUT2D eigenvalue weighted by Crippen LogP contribution is -2.32. The van der Waals surface area contributed by atoms with Crippen molar-refractivity contribution < 1.29 is 0 Å². The van der Waals surface area contributed by atoms with E-state index in [0.717, 1.165) is 29.2 Å². The van der Waals surface area contributed by atoms with E-state index in [-0.39, 0.29) is 0 Å². The van der Waals surface area contributed by atoms with E-state index in [0.29, 0.717) is 6.04 Å². The molecule has 2 rings (SSSR count). The molecule has 5 nitrogen and oxygen atoms in total. The Hall–Kier alpha value is -1.01. The predicted octanol–water partition coefficient (Wildman–Crippen LogP) is 1.39. The molecule has 0 saturated heterocycles. The van der Waals surface area contributed by atoms with Crippen LogP contribution in [-0.2, 0) is 0 Å². The molecule has 1 aliphatic rings. The maximum absolute atomic E-state index is 5.52. The Bertz CT molecular complexity index is 367. The van der Waals surface area contributed by atoms with Gasteiger partial charge in [-0.1, -0.05) is 23.8 Å². The molecule has 1 saturated carbocycles. The van der Waals surface area contributed by atoms with Gasteiger partial charge in [0.15, 0.2) is 5.84 Å². The average molecular weight is 239 g/mol. The minimum Gasteiger partial charge on any atom is -0.307 e. The van der Waals surface area contributed by atoms with Crippen molar-refractivity contribution >= 4 is 17.4 Å². The maximum Gasteiger partial charge on any atom is 0.156 e. The zero-order chi connectivity index (χ0) is 11.4. The van der Waals surface area contributed by atoms with Gasteiger partial charge < -0.3 is 5.43 Å². The fourth-order valence-electron chi connectivity index (χ4n) is 2.00. The summed E-state index contributed by atoms with van der Waals surface area (Å²) in [5.41, 5.74) is 3.56. The molecule has 88 valence electrons. The molecule has 0 radical (unpaired) electrons. The van der Waals surface area contributed by atoms with E-state index >= 15 is 0 Å². The SMILES string of the molecule is Cc1nnsc1C(=NC1CCCCC1)NN. The van der Waals surface area contributed by atoms with Gasteiger partial charge in [-0.2, -0.15) is 0 Å². The number of hydrogen-bond donors (Lipinski definition) is 2. The zero-order valence-corrected chi connectivity index (χ0v) is 10.3. The first-order valence-corrected chi connectivity index (χ1v) is 6.42. The lowest BCUT2D eigenvalue weighted by molar-refractivity contribution is 0.442. The van der Waals surface area contributed by atoms with Crippen LogP contribution in [0.5, 0.6) is 0 Å². The first-order valence-electron chi connectivity index (χ1n) is 5.65. The van der Waals surface area contributed by atoms with Gasteiger partial charge in [-0.3, -0.25) is 4.99 Å². The van der Waals surface area contributed by atoms with Crippen molar-refractivity contribution in [3.63, 3.8) is 0 Å². The molecule has 0 aliphatic heterocycles. The van der Waals surface area contributed by atoms with E-state index in [2.05, 4.69) is 20.0 Å². The summed E-state index contributed by atoms with van der Waals surface area (Å²) in [5, 5.41) is 3.97. The van der Waals surface area contributed by atoms with Crippen molar-refractivity contribution in [2.24, 2.45) is 10.8 Å². The number of aliphatic imine (C=N–C) groups is 1. The van der Waals surface area contributed by atoms with Crippen LogP contribution in [0.3, 0.4) is 0 Å². The molecule has 0 unspecified atom stereocenters. The number of nitrogens with two attached hydrogens (primary N) is 1. The first kappa shape index (κ1) is 11.5. The second kappa shape index (κ2) is 5.36. The molecule has 0 aromatic carbocycles. The second-order valence-corrected chi connectivity index (χ2v) is 4.86. The predicted molar refractivity (Wildman–Crippen MR) is 65.4 cm³/mol. The Balaban J connectivity index is 2.15. The van der Waals surface area contributed by atoms with Gasteiger partial charge >= 0.3 is 0 Å². The van der Waals surface area contributed by atoms with Crippen molar-refractivity contribution in [2.45, 2.75) is 45.1 Å². The molecule has 6 heteroatoms. The summed E-state index contributed by atoms with van der Waals surface area (Å²) in [6.45, 7) is 1.92. The van der Waals surface area contributed by atoms with E-state index in [1.165, 1.54) is 30.8 Å². The van der Waals surface area contributed by atoms with Gasteiger partial charge in [0.2, 0.25) is 0 Å². The topological polar surface area (TPSA) is 76.2 Å². The second-order valence-electron chi connectivity index (χ2n) is 4.10. The molecular weight excluding hydrogens is 222 g/mol. The van der Waals surface area contributed by atoms with Crippen LogP contribution in [0.15, 0.2) is 4.99 Å². The molecule has 1 aliphatic carbocycles. The number of hydrazine groups is 1. The van der Waals surface area contributed by atoms with Crippen LogP contribution >= 0.6 is 11.5 Å². The number of hydrogen-bond acceptors (Lipinski definition) is 5. The summed E-state index contributed by atoms with van der Waals surface area (Å²) in [6.07, 6.45) is 6.20. The Labute approximate surface area is 99.3 Å². The van der Waals surface area contributed by atoms with Gasteiger partial charge in [-0.05, 0) is 31.3 Å². The van der Waals surface area contributed by atoms with Gasteiger partial charge in [0, 0.05) is 0 Å². The van der Waals surface area contributed by atoms with Crippen molar-refractivity contribution in [3.05, 3.63) is 10.6 Å². The number of nitrogens with one attached hydrogen (secondary N) is 1. The third-order valence-electron chi connectivity index (χ3n) is 2.89. The highest BCUT2D eigenvalue weighted by Crippen LogP contribution is 2.21. The highest BCUT2D eigenvalue weighted by Gasteiger charge is 2.16. The van der Waals surface area contributed by atoms with Gasteiger partial charge in [0.25, 0.3) is 0 Å². The quantitative estimate of drug-likeness (QED) is 0.354. The maximum atomic E-state index is 5.52. The fraction of sp³-hybridized carbons (Fsp3) is 0.700. The molecule has 0 spiro atoms. The fourth-order valence-corrected chi connectivity index (χ4v) is 2.62. The summed E-state index contributed by atoms with van der Waals surface area (Å²) in [4.78, 5) is 5.62. The van der Waals surface area contributed by atoms with E-state index in [1.807, 2.05) is 6.92 Å².